The molecule has 0 heterocycles. The smallest absolute Gasteiger partial charge is 0.231 e. The van der Waals surface area contributed by atoms with Crippen LogP contribution in [0.3, 0.4) is 0 Å². The minimum Gasteiger partial charge on any atom is -0.491 e. The van der Waals surface area contributed by atoms with E-state index in [1.54, 1.807) is 0 Å². The fourth-order valence-corrected chi connectivity index (χ4v) is 1.99. The summed E-state index contributed by atoms with van der Waals surface area (Å²) in [5.41, 5.74) is 7.19. The van der Waals surface area contributed by atoms with Gasteiger partial charge in [0, 0.05) is 6.54 Å². The lowest BCUT2D eigenvalue weighted by atomic mass is 10.1. The monoisotopic (exact) mass is 262 g/mol. The Kier molecular flexibility index (Phi) is 4.10. The molecule has 1 fully saturated rings. The molecular weight excluding hydrogens is 240 g/mol. The van der Waals surface area contributed by atoms with Gasteiger partial charge in [0.25, 0.3) is 0 Å². The molecule has 1 saturated carbocycles. The van der Waals surface area contributed by atoms with Crippen molar-refractivity contribution in [3.63, 3.8) is 0 Å². The Bertz CT molecular complexity index is 467. The molecule has 2 rings (SSSR count). The summed E-state index contributed by atoms with van der Waals surface area (Å²) < 4.78 is 5.69. The van der Waals surface area contributed by atoms with E-state index in [0.717, 1.165) is 36.3 Å². The van der Waals surface area contributed by atoms with Gasteiger partial charge >= 0.3 is 0 Å². The van der Waals surface area contributed by atoms with Crippen molar-refractivity contribution in [2.75, 3.05) is 18.5 Å². The number of anilines is 1. The predicted octanol–water partition coefficient (Wildman–Crippen LogP) is 2.46. The number of carbonyl (C=O) groups is 1. The molecular formula is C15H22N2O2. The Hall–Kier alpha value is -1.55. The number of carbonyl (C=O) groups excluding carboxylic acids is 1. The van der Waals surface area contributed by atoms with Crippen molar-refractivity contribution in [3.05, 3.63) is 23.8 Å². The van der Waals surface area contributed by atoms with E-state index in [2.05, 4.69) is 12.2 Å². The molecule has 4 nitrogen and oxygen atoms in total. The molecule has 1 aliphatic rings. The Morgan fingerprint density at radius 3 is 2.79 bits per heavy atom. The molecule has 0 aliphatic heterocycles. The van der Waals surface area contributed by atoms with Crippen LogP contribution in [0.15, 0.2) is 18.2 Å². The number of hydrogen-bond acceptors (Lipinski definition) is 3. The quantitative estimate of drug-likeness (QED) is 0.827. The first-order valence-corrected chi connectivity index (χ1v) is 6.86. The Balaban J connectivity index is 2.12. The second-order valence-corrected chi connectivity index (χ2v) is 5.29. The van der Waals surface area contributed by atoms with Crippen molar-refractivity contribution < 1.29 is 9.53 Å². The van der Waals surface area contributed by atoms with Gasteiger partial charge in [0.1, 0.15) is 5.75 Å². The van der Waals surface area contributed by atoms with Crippen LogP contribution in [0.5, 0.6) is 5.75 Å². The summed E-state index contributed by atoms with van der Waals surface area (Å²) in [7, 11) is 0. The number of nitrogens with one attached hydrogen (secondary N) is 1. The molecule has 0 aromatic heterocycles. The van der Waals surface area contributed by atoms with Crippen molar-refractivity contribution in [1.29, 1.82) is 0 Å². The molecule has 1 aromatic carbocycles. The highest BCUT2D eigenvalue weighted by Gasteiger charge is 2.48. The van der Waals surface area contributed by atoms with Gasteiger partial charge in [-0.15, -0.1) is 0 Å². The molecule has 3 N–H and O–H groups in total. The van der Waals surface area contributed by atoms with Gasteiger partial charge in [0.15, 0.2) is 0 Å². The van der Waals surface area contributed by atoms with E-state index in [9.17, 15) is 4.79 Å². The molecule has 19 heavy (non-hydrogen) atoms. The molecule has 0 radical (unpaired) electrons. The van der Waals surface area contributed by atoms with E-state index in [0.29, 0.717) is 13.2 Å². The Labute approximate surface area is 114 Å². The molecule has 0 atom stereocenters. The van der Waals surface area contributed by atoms with Gasteiger partial charge in [0.05, 0.1) is 17.7 Å². The number of amides is 1. The minimum atomic E-state index is -0.340. The molecule has 104 valence electrons. The molecule has 1 aromatic rings. The summed E-state index contributed by atoms with van der Waals surface area (Å²) in [6.07, 6.45) is 2.70. The van der Waals surface area contributed by atoms with Gasteiger partial charge in [-0.25, -0.2) is 0 Å². The highest BCUT2D eigenvalue weighted by molar-refractivity contribution is 5.98. The van der Waals surface area contributed by atoms with Gasteiger partial charge < -0.3 is 15.8 Å². The number of benzene rings is 1. The van der Waals surface area contributed by atoms with Crippen LogP contribution in [0.1, 0.15) is 31.7 Å². The van der Waals surface area contributed by atoms with E-state index < -0.39 is 0 Å². The summed E-state index contributed by atoms with van der Waals surface area (Å²) in [4.78, 5) is 12.2. The zero-order valence-electron chi connectivity index (χ0n) is 11.7. The van der Waals surface area contributed by atoms with Gasteiger partial charge in [0.2, 0.25) is 5.91 Å². The van der Waals surface area contributed by atoms with Gasteiger partial charge in [-0.1, -0.05) is 13.0 Å². The normalized spacial score (nSPS) is 15.9. The molecule has 0 saturated heterocycles. The van der Waals surface area contributed by atoms with Crippen molar-refractivity contribution in [2.24, 2.45) is 11.1 Å². The lowest BCUT2D eigenvalue weighted by molar-refractivity contribution is -0.120. The average molecular weight is 262 g/mol. The van der Waals surface area contributed by atoms with Crippen LogP contribution < -0.4 is 15.8 Å². The topological polar surface area (TPSA) is 64.3 Å². The first-order valence-electron chi connectivity index (χ1n) is 6.86. The lowest BCUT2D eigenvalue weighted by Crippen LogP contribution is -2.31. The van der Waals surface area contributed by atoms with Crippen LogP contribution >= 0.6 is 0 Å². The maximum absolute atomic E-state index is 12.2. The van der Waals surface area contributed by atoms with Crippen LogP contribution in [0.25, 0.3) is 0 Å². The zero-order valence-corrected chi connectivity index (χ0v) is 11.7. The van der Waals surface area contributed by atoms with Gasteiger partial charge in [-0.3, -0.25) is 4.79 Å². The summed E-state index contributed by atoms with van der Waals surface area (Å²) in [6, 6.07) is 5.81. The number of aryl methyl sites for hydroxylation is 1. The summed E-state index contributed by atoms with van der Waals surface area (Å²) in [5, 5.41) is 2.96. The predicted molar refractivity (Wildman–Crippen MR) is 76.3 cm³/mol. The first kappa shape index (κ1) is 13.9. The number of rotatable bonds is 6. The van der Waals surface area contributed by atoms with Crippen LogP contribution in [0, 0.1) is 12.3 Å². The molecule has 0 bridgehead atoms. The minimum absolute atomic E-state index is 0.0141. The highest BCUT2D eigenvalue weighted by atomic mass is 16.5. The summed E-state index contributed by atoms with van der Waals surface area (Å²) >= 11 is 0. The number of nitrogens with two attached hydrogens (primary N) is 1. The van der Waals surface area contributed by atoms with Gasteiger partial charge in [-0.05, 0) is 43.9 Å². The Morgan fingerprint density at radius 2 is 2.21 bits per heavy atom. The van der Waals surface area contributed by atoms with E-state index >= 15 is 0 Å². The molecule has 1 amide bonds. The average Bonchev–Trinajstić information content (AvgIpc) is 3.20. The van der Waals surface area contributed by atoms with E-state index in [1.165, 1.54) is 0 Å². The third kappa shape index (κ3) is 3.07. The summed E-state index contributed by atoms with van der Waals surface area (Å²) in [5.74, 6) is 0.753. The van der Waals surface area contributed by atoms with Crippen molar-refractivity contribution in [3.8, 4) is 5.75 Å². The molecule has 0 spiro atoms. The third-order valence-corrected chi connectivity index (χ3v) is 3.57. The van der Waals surface area contributed by atoms with E-state index in [-0.39, 0.29) is 11.3 Å². The summed E-state index contributed by atoms with van der Waals surface area (Å²) in [6.45, 7) is 5.12. The largest absolute Gasteiger partial charge is 0.491 e. The van der Waals surface area contributed by atoms with Crippen LogP contribution in [0.4, 0.5) is 5.69 Å². The molecule has 1 aliphatic carbocycles. The molecule has 0 unspecified atom stereocenters. The number of ether oxygens (including phenoxy) is 1. The SMILES string of the molecule is CCCOc1cc(C)ccc1NC(=O)C1(CN)CC1. The lowest BCUT2D eigenvalue weighted by Gasteiger charge is -2.16. The Morgan fingerprint density at radius 1 is 1.47 bits per heavy atom. The second-order valence-electron chi connectivity index (χ2n) is 5.29. The third-order valence-electron chi connectivity index (χ3n) is 3.57. The number of hydrogen-bond donors (Lipinski definition) is 2. The van der Waals surface area contributed by atoms with Gasteiger partial charge in [-0.2, -0.15) is 0 Å². The van der Waals surface area contributed by atoms with Crippen LogP contribution in [-0.2, 0) is 4.79 Å². The van der Waals surface area contributed by atoms with E-state index in [4.69, 9.17) is 10.5 Å². The van der Waals surface area contributed by atoms with Crippen LogP contribution in [0.2, 0.25) is 0 Å². The van der Waals surface area contributed by atoms with Crippen LogP contribution in [-0.4, -0.2) is 19.1 Å². The fourth-order valence-electron chi connectivity index (χ4n) is 1.99. The maximum Gasteiger partial charge on any atom is 0.231 e. The first-order chi connectivity index (χ1) is 9.11. The van der Waals surface area contributed by atoms with Crippen molar-refractivity contribution >= 4 is 11.6 Å². The standard InChI is InChI=1S/C15H22N2O2/c1-3-8-19-13-9-11(2)4-5-12(13)17-14(18)15(10-16)6-7-15/h4-5,9H,3,6-8,10,16H2,1-2H3,(H,17,18). The zero-order chi connectivity index (χ0) is 13.9. The second kappa shape index (κ2) is 5.61. The van der Waals surface area contributed by atoms with Crippen molar-refractivity contribution in [2.45, 2.75) is 33.1 Å². The maximum atomic E-state index is 12.2. The highest BCUT2D eigenvalue weighted by Crippen LogP contribution is 2.45. The fraction of sp³-hybridized carbons (Fsp3) is 0.533. The van der Waals surface area contributed by atoms with E-state index in [1.807, 2.05) is 25.1 Å². The van der Waals surface area contributed by atoms with Crippen molar-refractivity contribution in [1.82, 2.24) is 0 Å². The molecule has 4 heteroatoms.